The van der Waals surface area contributed by atoms with Crippen molar-refractivity contribution in [3.05, 3.63) is 52.5 Å². The van der Waals surface area contributed by atoms with Crippen LogP contribution in [-0.4, -0.2) is 33.2 Å². The summed E-state index contributed by atoms with van der Waals surface area (Å²) in [6.45, 7) is 1.48. The van der Waals surface area contributed by atoms with Gasteiger partial charge in [0.1, 0.15) is 12.3 Å². The molecule has 0 aliphatic carbocycles. The van der Waals surface area contributed by atoms with Crippen molar-refractivity contribution in [1.29, 1.82) is 0 Å². The van der Waals surface area contributed by atoms with Gasteiger partial charge >= 0.3 is 11.7 Å². The normalized spacial score (nSPS) is 11.4. The summed E-state index contributed by atoms with van der Waals surface area (Å²) in [5.41, 5.74) is 1.45. The lowest BCUT2D eigenvalue weighted by Crippen LogP contribution is -2.20. The standard InChI is InChI=1S/C18H18N2O7S/c1-11-4-7-15(25-2)13(8-11)19-28(23,24)12-5-6-14-16(9-12)27-18(22)20(14)10-17(21)26-3/h4-9,19H,10H2,1-3H3. The van der Waals surface area contributed by atoms with Gasteiger partial charge in [-0.05, 0) is 36.8 Å². The first-order chi connectivity index (χ1) is 13.2. The zero-order chi connectivity index (χ0) is 20.5. The summed E-state index contributed by atoms with van der Waals surface area (Å²) in [4.78, 5) is 23.3. The highest BCUT2D eigenvalue weighted by Crippen LogP contribution is 2.28. The third-order valence-electron chi connectivity index (χ3n) is 4.06. The molecule has 0 spiro atoms. The lowest BCUT2D eigenvalue weighted by Gasteiger charge is -2.12. The number of fused-ring (bicyclic) bond motifs is 1. The van der Waals surface area contributed by atoms with E-state index in [1.54, 1.807) is 18.2 Å². The maximum absolute atomic E-state index is 12.8. The number of methoxy groups -OCH3 is 2. The van der Waals surface area contributed by atoms with Crippen molar-refractivity contribution in [2.75, 3.05) is 18.9 Å². The van der Waals surface area contributed by atoms with E-state index in [9.17, 15) is 18.0 Å². The molecule has 0 saturated heterocycles. The third kappa shape index (κ3) is 3.72. The zero-order valence-electron chi connectivity index (χ0n) is 15.4. The molecule has 1 heterocycles. The molecule has 0 fully saturated rings. The lowest BCUT2D eigenvalue weighted by molar-refractivity contribution is -0.141. The minimum absolute atomic E-state index is 0.0352. The predicted octanol–water partition coefficient (Wildman–Crippen LogP) is 1.89. The molecule has 2 aromatic carbocycles. The first-order valence-corrected chi connectivity index (χ1v) is 9.61. The number of carbonyl (C=O) groups excluding carboxylic acids is 1. The second-order valence-corrected chi connectivity index (χ2v) is 7.65. The monoisotopic (exact) mass is 406 g/mol. The molecule has 0 aliphatic rings. The molecule has 0 saturated carbocycles. The van der Waals surface area contributed by atoms with Gasteiger partial charge in [-0.25, -0.2) is 13.2 Å². The van der Waals surface area contributed by atoms with E-state index in [0.29, 0.717) is 5.75 Å². The number of nitrogens with zero attached hydrogens (tertiary/aromatic N) is 1. The van der Waals surface area contributed by atoms with Crippen LogP contribution in [0.4, 0.5) is 5.69 Å². The van der Waals surface area contributed by atoms with E-state index in [1.165, 1.54) is 32.4 Å². The Kier molecular flexibility index (Phi) is 5.14. The summed E-state index contributed by atoms with van der Waals surface area (Å²) in [7, 11) is -1.34. The Morgan fingerprint density at radius 1 is 1.18 bits per heavy atom. The van der Waals surface area contributed by atoms with Crippen molar-refractivity contribution in [3.8, 4) is 5.75 Å². The Balaban J connectivity index is 2.00. The minimum Gasteiger partial charge on any atom is -0.495 e. The number of hydrogen-bond donors (Lipinski definition) is 1. The van der Waals surface area contributed by atoms with Gasteiger partial charge in [0.05, 0.1) is 30.3 Å². The smallest absolute Gasteiger partial charge is 0.420 e. The number of hydrogen-bond acceptors (Lipinski definition) is 7. The van der Waals surface area contributed by atoms with Crippen LogP contribution < -0.4 is 15.2 Å². The summed E-state index contributed by atoms with van der Waals surface area (Å²) in [5, 5.41) is 0. The average molecular weight is 406 g/mol. The zero-order valence-corrected chi connectivity index (χ0v) is 16.2. The van der Waals surface area contributed by atoms with Crippen LogP contribution in [0.15, 0.2) is 50.5 Å². The Bertz CT molecular complexity index is 1210. The van der Waals surface area contributed by atoms with E-state index in [4.69, 9.17) is 9.15 Å². The Hall–Kier alpha value is -3.27. The van der Waals surface area contributed by atoms with E-state index < -0.39 is 21.7 Å². The van der Waals surface area contributed by atoms with Crippen LogP contribution in [0.3, 0.4) is 0 Å². The molecular formula is C18H18N2O7S. The highest BCUT2D eigenvalue weighted by molar-refractivity contribution is 7.92. The number of carbonyl (C=O) groups is 1. The number of oxazole rings is 1. The van der Waals surface area contributed by atoms with E-state index in [1.807, 2.05) is 6.92 Å². The molecule has 0 radical (unpaired) electrons. The van der Waals surface area contributed by atoms with E-state index >= 15 is 0 Å². The molecule has 0 unspecified atom stereocenters. The van der Waals surface area contributed by atoms with Crippen LogP contribution in [-0.2, 0) is 26.1 Å². The molecule has 0 aliphatic heterocycles. The van der Waals surface area contributed by atoms with Crippen molar-refractivity contribution in [2.24, 2.45) is 0 Å². The van der Waals surface area contributed by atoms with Crippen LogP contribution in [0.1, 0.15) is 5.56 Å². The number of ether oxygens (including phenoxy) is 2. The predicted molar refractivity (Wildman–Crippen MR) is 101 cm³/mol. The molecular weight excluding hydrogens is 388 g/mol. The van der Waals surface area contributed by atoms with Crippen molar-refractivity contribution in [3.63, 3.8) is 0 Å². The fourth-order valence-corrected chi connectivity index (χ4v) is 3.74. The first-order valence-electron chi connectivity index (χ1n) is 8.13. The van der Waals surface area contributed by atoms with Crippen LogP contribution >= 0.6 is 0 Å². The van der Waals surface area contributed by atoms with Gasteiger partial charge in [-0.15, -0.1) is 0 Å². The SMILES string of the molecule is COC(=O)Cn1c(=O)oc2cc(S(=O)(=O)Nc3cc(C)ccc3OC)ccc21. The van der Waals surface area contributed by atoms with Crippen molar-refractivity contribution in [2.45, 2.75) is 18.4 Å². The van der Waals surface area contributed by atoms with Gasteiger partial charge in [-0.1, -0.05) is 6.07 Å². The number of benzene rings is 2. The number of nitrogens with one attached hydrogen (secondary N) is 1. The van der Waals surface area contributed by atoms with E-state index in [-0.39, 0.29) is 28.2 Å². The second kappa shape index (κ2) is 7.39. The number of esters is 1. The van der Waals surface area contributed by atoms with Crippen molar-refractivity contribution >= 4 is 32.8 Å². The molecule has 9 nitrogen and oxygen atoms in total. The summed E-state index contributed by atoms with van der Waals surface area (Å²) >= 11 is 0. The van der Waals surface area contributed by atoms with E-state index in [2.05, 4.69) is 9.46 Å². The Labute approximate surface area is 160 Å². The molecule has 1 aromatic heterocycles. The van der Waals surface area contributed by atoms with Gasteiger partial charge < -0.3 is 13.9 Å². The number of rotatable bonds is 6. The van der Waals surface area contributed by atoms with Crippen LogP contribution in [0.5, 0.6) is 5.75 Å². The van der Waals surface area contributed by atoms with Gasteiger partial charge in [0.25, 0.3) is 10.0 Å². The number of aryl methyl sites for hydroxylation is 1. The molecule has 28 heavy (non-hydrogen) atoms. The maximum atomic E-state index is 12.8. The Morgan fingerprint density at radius 2 is 1.93 bits per heavy atom. The quantitative estimate of drug-likeness (QED) is 0.621. The number of aromatic nitrogens is 1. The fraction of sp³-hybridized carbons (Fsp3) is 0.222. The molecule has 0 bridgehead atoms. The summed E-state index contributed by atoms with van der Waals surface area (Å²) in [6, 6.07) is 9.02. The summed E-state index contributed by atoms with van der Waals surface area (Å²) in [6.07, 6.45) is 0. The summed E-state index contributed by atoms with van der Waals surface area (Å²) < 4.78 is 43.9. The maximum Gasteiger partial charge on any atom is 0.420 e. The molecule has 0 amide bonds. The number of sulfonamides is 1. The van der Waals surface area contributed by atoms with Crippen LogP contribution in [0.25, 0.3) is 11.1 Å². The van der Waals surface area contributed by atoms with E-state index in [0.717, 1.165) is 10.1 Å². The highest BCUT2D eigenvalue weighted by Gasteiger charge is 2.20. The van der Waals surface area contributed by atoms with Gasteiger partial charge in [0.2, 0.25) is 0 Å². The largest absolute Gasteiger partial charge is 0.495 e. The lowest BCUT2D eigenvalue weighted by atomic mass is 10.2. The minimum atomic E-state index is -3.98. The van der Waals surface area contributed by atoms with Gasteiger partial charge in [-0.2, -0.15) is 0 Å². The molecule has 3 rings (SSSR count). The number of anilines is 1. The molecule has 0 atom stereocenters. The van der Waals surface area contributed by atoms with Crippen LogP contribution in [0, 0.1) is 6.92 Å². The molecule has 10 heteroatoms. The second-order valence-electron chi connectivity index (χ2n) is 5.97. The highest BCUT2D eigenvalue weighted by atomic mass is 32.2. The first kappa shape index (κ1) is 19.5. The van der Waals surface area contributed by atoms with Crippen molar-refractivity contribution in [1.82, 2.24) is 4.57 Å². The van der Waals surface area contributed by atoms with Gasteiger partial charge in [0, 0.05) is 6.07 Å². The van der Waals surface area contributed by atoms with Gasteiger partial charge in [0.15, 0.2) is 5.58 Å². The average Bonchev–Trinajstić information content (AvgIpc) is 2.96. The topological polar surface area (TPSA) is 117 Å². The van der Waals surface area contributed by atoms with Crippen LogP contribution in [0.2, 0.25) is 0 Å². The van der Waals surface area contributed by atoms with Gasteiger partial charge in [-0.3, -0.25) is 14.1 Å². The fourth-order valence-electron chi connectivity index (χ4n) is 2.66. The molecule has 148 valence electrons. The molecule has 1 N–H and O–H groups in total. The summed E-state index contributed by atoms with van der Waals surface area (Å²) in [5.74, 6) is -1.05. The molecule has 3 aromatic rings. The van der Waals surface area contributed by atoms with Crippen molar-refractivity contribution < 1.29 is 27.1 Å². The third-order valence-corrected chi connectivity index (χ3v) is 5.43. The Morgan fingerprint density at radius 3 is 2.61 bits per heavy atom.